The predicted molar refractivity (Wildman–Crippen MR) is 141 cm³/mol. The van der Waals surface area contributed by atoms with Gasteiger partial charge in [-0.25, -0.2) is 4.98 Å². The Morgan fingerprint density at radius 3 is 2.56 bits per heavy atom. The van der Waals surface area contributed by atoms with Crippen LogP contribution < -0.4 is 10.1 Å². The molecule has 36 heavy (non-hydrogen) atoms. The molecule has 188 valence electrons. The van der Waals surface area contributed by atoms with Gasteiger partial charge in [-0.3, -0.25) is 14.2 Å². The number of nitrogens with zero attached hydrogens (tertiary/aromatic N) is 5. The number of nitrogens with one attached hydrogen (secondary N) is 1. The first kappa shape index (κ1) is 24.0. The largest absolute Gasteiger partial charge is 0.494 e. The number of pyridine rings is 1. The Hall–Kier alpha value is -3.68. The van der Waals surface area contributed by atoms with Crippen LogP contribution in [-0.2, 0) is 7.05 Å². The molecule has 0 aliphatic heterocycles. The van der Waals surface area contributed by atoms with Crippen molar-refractivity contribution >= 4 is 22.5 Å². The average molecular weight is 487 g/mol. The summed E-state index contributed by atoms with van der Waals surface area (Å²) < 4.78 is 9.41. The van der Waals surface area contributed by atoms with Crippen molar-refractivity contribution in [2.45, 2.75) is 52.5 Å². The molecule has 3 heterocycles. The van der Waals surface area contributed by atoms with E-state index in [0.29, 0.717) is 34.3 Å². The highest BCUT2D eigenvalue weighted by Crippen LogP contribution is 2.41. The number of hydrogen-bond donors (Lipinski definition) is 1. The first-order valence-electron chi connectivity index (χ1n) is 12.6. The second kappa shape index (κ2) is 9.41. The third-order valence-corrected chi connectivity index (χ3v) is 7.37. The van der Waals surface area contributed by atoms with E-state index in [9.17, 15) is 4.79 Å². The Labute approximate surface area is 211 Å². The maximum atomic E-state index is 13.1. The van der Waals surface area contributed by atoms with Crippen molar-refractivity contribution in [3.8, 4) is 17.0 Å². The quantitative estimate of drug-likeness (QED) is 0.381. The van der Waals surface area contributed by atoms with Crippen molar-refractivity contribution in [2.75, 3.05) is 12.4 Å². The number of amides is 1. The van der Waals surface area contributed by atoms with Gasteiger partial charge in [-0.1, -0.05) is 26.8 Å². The fourth-order valence-electron chi connectivity index (χ4n) is 5.19. The van der Waals surface area contributed by atoms with Gasteiger partial charge >= 0.3 is 0 Å². The average Bonchev–Trinajstić information content (AvgIpc) is 3.49. The lowest BCUT2D eigenvalue weighted by Crippen LogP contribution is -2.27. The third kappa shape index (κ3) is 4.85. The van der Waals surface area contributed by atoms with Crippen LogP contribution in [0.2, 0.25) is 0 Å². The van der Waals surface area contributed by atoms with E-state index in [4.69, 9.17) is 9.84 Å². The number of ether oxygens (including phenoxy) is 1. The number of carbonyl (C=O) groups excluding carboxylic acids is 1. The molecule has 0 saturated heterocycles. The summed E-state index contributed by atoms with van der Waals surface area (Å²) in [5.41, 5.74) is 3.69. The molecule has 1 aliphatic carbocycles. The van der Waals surface area contributed by atoms with Gasteiger partial charge in [0.1, 0.15) is 11.4 Å². The molecule has 0 spiro atoms. The molecule has 1 saturated carbocycles. The van der Waals surface area contributed by atoms with Gasteiger partial charge < -0.3 is 10.1 Å². The normalized spacial score (nSPS) is 18.4. The molecule has 0 atom stereocenters. The summed E-state index contributed by atoms with van der Waals surface area (Å²) in [6.45, 7) is 7.02. The molecule has 1 amide bonds. The maximum absolute atomic E-state index is 13.1. The summed E-state index contributed by atoms with van der Waals surface area (Å²) in [6, 6.07) is 9.61. The van der Waals surface area contributed by atoms with E-state index in [1.54, 1.807) is 24.1 Å². The Morgan fingerprint density at radius 2 is 1.89 bits per heavy atom. The molecule has 1 aliphatic rings. The molecular weight excluding hydrogens is 452 g/mol. The number of aryl methyl sites for hydroxylation is 1. The van der Waals surface area contributed by atoms with E-state index in [1.807, 2.05) is 37.5 Å². The Balaban J connectivity index is 1.36. The van der Waals surface area contributed by atoms with Gasteiger partial charge in [-0.15, -0.1) is 0 Å². The van der Waals surface area contributed by atoms with Crippen LogP contribution in [0.3, 0.4) is 0 Å². The third-order valence-electron chi connectivity index (χ3n) is 7.37. The van der Waals surface area contributed by atoms with Gasteiger partial charge in [0.05, 0.1) is 36.2 Å². The molecule has 0 bridgehead atoms. The number of carbonyl (C=O) groups is 1. The topological polar surface area (TPSA) is 86.9 Å². The summed E-state index contributed by atoms with van der Waals surface area (Å²) in [7, 11) is 3.45. The highest BCUT2D eigenvalue weighted by atomic mass is 16.5. The zero-order valence-corrected chi connectivity index (χ0v) is 21.7. The lowest BCUT2D eigenvalue weighted by atomic mass is 9.71. The molecule has 1 fully saturated rings. The van der Waals surface area contributed by atoms with Crippen LogP contribution in [-0.4, -0.2) is 37.6 Å². The van der Waals surface area contributed by atoms with Crippen LogP contribution in [0.25, 0.3) is 22.2 Å². The molecule has 8 nitrogen and oxygen atoms in total. The number of methoxy groups -OCH3 is 1. The SMILES string of the molecule is COc1cc2nn([C@H]3CC[C@H](C(C)(C)C)CC3)cc2cc1NC(=O)c1cccc(-c2cnn(C)c2)n1. The minimum Gasteiger partial charge on any atom is -0.494 e. The summed E-state index contributed by atoms with van der Waals surface area (Å²) in [6.07, 6.45) is 10.4. The summed E-state index contributed by atoms with van der Waals surface area (Å²) in [4.78, 5) is 17.6. The van der Waals surface area contributed by atoms with E-state index in [1.165, 1.54) is 12.8 Å². The Bertz CT molecular complexity index is 1390. The molecule has 0 unspecified atom stereocenters. The van der Waals surface area contributed by atoms with Gasteiger partial charge in [0.15, 0.2) is 0 Å². The monoisotopic (exact) mass is 486 g/mol. The Kier molecular flexibility index (Phi) is 6.28. The van der Waals surface area contributed by atoms with Crippen LogP contribution in [0.15, 0.2) is 48.9 Å². The molecule has 1 N–H and O–H groups in total. The Morgan fingerprint density at radius 1 is 1.11 bits per heavy atom. The molecule has 0 radical (unpaired) electrons. The van der Waals surface area contributed by atoms with Gasteiger partial charge in [0.2, 0.25) is 0 Å². The molecular formula is C28H34N6O2. The first-order chi connectivity index (χ1) is 17.2. The van der Waals surface area contributed by atoms with E-state index >= 15 is 0 Å². The van der Waals surface area contributed by atoms with Crippen LogP contribution in [0, 0.1) is 11.3 Å². The lowest BCUT2D eigenvalue weighted by molar-refractivity contribution is 0.102. The van der Waals surface area contributed by atoms with E-state index in [-0.39, 0.29) is 5.91 Å². The second-order valence-electron chi connectivity index (χ2n) is 10.9. The van der Waals surface area contributed by atoms with Crippen molar-refractivity contribution in [3.05, 3.63) is 54.6 Å². The zero-order chi connectivity index (χ0) is 25.4. The van der Waals surface area contributed by atoms with Crippen molar-refractivity contribution in [1.82, 2.24) is 24.5 Å². The first-order valence-corrected chi connectivity index (χ1v) is 12.6. The van der Waals surface area contributed by atoms with Crippen molar-refractivity contribution in [2.24, 2.45) is 18.4 Å². The summed E-state index contributed by atoms with van der Waals surface area (Å²) >= 11 is 0. The number of rotatable bonds is 5. The van der Waals surface area contributed by atoms with Gasteiger partial charge in [-0.2, -0.15) is 10.2 Å². The molecule has 3 aromatic heterocycles. The fourth-order valence-corrected chi connectivity index (χ4v) is 5.19. The van der Waals surface area contributed by atoms with Crippen LogP contribution >= 0.6 is 0 Å². The smallest absolute Gasteiger partial charge is 0.274 e. The molecule has 1 aromatic carbocycles. The van der Waals surface area contributed by atoms with Crippen LogP contribution in [0.1, 0.15) is 63.0 Å². The van der Waals surface area contributed by atoms with Crippen molar-refractivity contribution < 1.29 is 9.53 Å². The second-order valence-corrected chi connectivity index (χ2v) is 10.9. The molecule has 8 heteroatoms. The van der Waals surface area contributed by atoms with E-state index < -0.39 is 0 Å². The summed E-state index contributed by atoms with van der Waals surface area (Å²) in [5.74, 6) is 1.03. The number of anilines is 1. The molecule has 4 aromatic rings. The van der Waals surface area contributed by atoms with Crippen molar-refractivity contribution in [3.63, 3.8) is 0 Å². The summed E-state index contributed by atoms with van der Waals surface area (Å²) in [5, 5.41) is 13.0. The van der Waals surface area contributed by atoms with E-state index in [2.05, 4.69) is 47.0 Å². The number of hydrogen-bond acceptors (Lipinski definition) is 5. The van der Waals surface area contributed by atoms with Gasteiger partial charge in [-0.05, 0) is 55.2 Å². The maximum Gasteiger partial charge on any atom is 0.274 e. The van der Waals surface area contributed by atoms with Crippen LogP contribution in [0.5, 0.6) is 5.75 Å². The van der Waals surface area contributed by atoms with Crippen LogP contribution in [0.4, 0.5) is 5.69 Å². The molecule has 5 rings (SSSR count). The predicted octanol–water partition coefficient (Wildman–Crippen LogP) is 5.87. The number of aromatic nitrogens is 5. The highest BCUT2D eigenvalue weighted by molar-refractivity contribution is 6.05. The van der Waals surface area contributed by atoms with Gasteiger partial charge in [0.25, 0.3) is 5.91 Å². The number of benzene rings is 1. The van der Waals surface area contributed by atoms with Gasteiger partial charge in [0, 0.05) is 36.5 Å². The minimum atomic E-state index is -0.300. The zero-order valence-electron chi connectivity index (χ0n) is 21.7. The standard InChI is InChI=1S/C28H34N6O2/c1-28(2,3)20-9-11-21(12-10-20)34-17-18-13-25(26(36-5)14-24(18)32-34)31-27(35)23-8-6-7-22(30-23)19-15-29-33(4)16-19/h6-8,13-17,20-21H,9-12H2,1-5H3,(H,31,35)/t20-,21-. The fraction of sp³-hybridized carbons (Fsp3) is 0.429. The number of fused-ring (bicyclic) bond motifs is 1. The van der Waals surface area contributed by atoms with Crippen molar-refractivity contribution in [1.29, 1.82) is 0 Å². The highest BCUT2D eigenvalue weighted by Gasteiger charge is 2.30. The lowest BCUT2D eigenvalue weighted by Gasteiger charge is -2.37. The minimum absolute atomic E-state index is 0.300. The van der Waals surface area contributed by atoms with E-state index in [0.717, 1.165) is 35.2 Å².